The minimum absolute atomic E-state index is 0.107. The van der Waals surface area contributed by atoms with Gasteiger partial charge >= 0.3 is 5.97 Å². The van der Waals surface area contributed by atoms with Crippen molar-refractivity contribution in [3.05, 3.63) is 12.7 Å². The van der Waals surface area contributed by atoms with Crippen molar-refractivity contribution in [2.45, 2.75) is 26.3 Å². The van der Waals surface area contributed by atoms with E-state index in [1.54, 1.807) is 11.8 Å². The second kappa shape index (κ2) is 4.75. The Balaban J connectivity index is 2.00. The number of carboxylic acids is 1. The molecule has 1 N–H and O–H groups in total. The van der Waals surface area contributed by atoms with Crippen LogP contribution in [0.2, 0.25) is 0 Å². The van der Waals surface area contributed by atoms with Crippen LogP contribution in [0.1, 0.15) is 19.8 Å². The molecule has 1 atom stereocenters. The highest BCUT2D eigenvalue weighted by Crippen LogP contribution is 2.29. The van der Waals surface area contributed by atoms with Crippen molar-refractivity contribution in [2.75, 3.05) is 13.1 Å². The molecule has 7 nitrogen and oxygen atoms in total. The molecule has 1 fully saturated rings. The summed E-state index contributed by atoms with van der Waals surface area (Å²) < 4.78 is 1.44. The van der Waals surface area contributed by atoms with Crippen LogP contribution in [-0.2, 0) is 16.1 Å². The lowest BCUT2D eigenvalue weighted by Crippen LogP contribution is -2.49. The first-order chi connectivity index (χ1) is 8.51. The number of aliphatic carboxylic acids is 1. The highest BCUT2D eigenvalue weighted by atomic mass is 16.4. The van der Waals surface area contributed by atoms with Gasteiger partial charge in [0.25, 0.3) is 0 Å². The van der Waals surface area contributed by atoms with E-state index < -0.39 is 11.4 Å². The SMILES string of the molecule is CC1(C(=O)O)CCCN(C(=O)Cn2cncn2)C1. The molecule has 0 bridgehead atoms. The molecule has 1 aliphatic heterocycles. The highest BCUT2D eigenvalue weighted by Gasteiger charge is 2.39. The molecule has 0 aromatic carbocycles. The summed E-state index contributed by atoms with van der Waals surface area (Å²) in [5.41, 5.74) is -0.837. The van der Waals surface area contributed by atoms with Gasteiger partial charge in [-0.25, -0.2) is 9.67 Å². The van der Waals surface area contributed by atoms with E-state index in [1.807, 2.05) is 0 Å². The molecule has 2 rings (SSSR count). The molecule has 18 heavy (non-hydrogen) atoms. The molecule has 1 amide bonds. The lowest BCUT2D eigenvalue weighted by atomic mass is 9.82. The van der Waals surface area contributed by atoms with E-state index in [0.29, 0.717) is 19.4 Å². The maximum absolute atomic E-state index is 12.0. The summed E-state index contributed by atoms with van der Waals surface area (Å²) in [6.45, 7) is 2.66. The van der Waals surface area contributed by atoms with Gasteiger partial charge in [-0.3, -0.25) is 9.59 Å². The lowest BCUT2D eigenvalue weighted by Gasteiger charge is -2.37. The van der Waals surface area contributed by atoms with E-state index in [0.717, 1.165) is 0 Å². The van der Waals surface area contributed by atoms with Crippen molar-refractivity contribution in [3.8, 4) is 0 Å². The quantitative estimate of drug-likeness (QED) is 0.817. The van der Waals surface area contributed by atoms with Crippen molar-refractivity contribution in [1.29, 1.82) is 0 Å². The number of amides is 1. The van der Waals surface area contributed by atoms with Crippen LogP contribution in [0.25, 0.3) is 0 Å². The fourth-order valence-corrected chi connectivity index (χ4v) is 2.18. The van der Waals surface area contributed by atoms with Gasteiger partial charge in [0.05, 0.1) is 5.41 Å². The van der Waals surface area contributed by atoms with Crippen LogP contribution >= 0.6 is 0 Å². The first kappa shape index (κ1) is 12.5. The average Bonchev–Trinajstić information content (AvgIpc) is 2.81. The predicted molar refractivity (Wildman–Crippen MR) is 61.6 cm³/mol. The third-order valence-electron chi connectivity index (χ3n) is 3.33. The number of carbonyl (C=O) groups excluding carboxylic acids is 1. The molecule has 1 aliphatic rings. The number of carboxylic acid groups (broad SMARTS) is 1. The Morgan fingerprint density at radius 3 is 2.89 bits per heavy atom. The minimum atomic E-state index is -0.847. The summed E-state index contributed by atoms with van der Waals surface area (Å²) in [4.78, 5) is 28.6. The van der Waals surface area contributed by atoms with Gasteiger partial charge in [-0.05, 0) is 19.8 Å². The number of carbonyl (C=O) groups is 2. The van der Waals surface area contributed by atoms with E-state index in [1.165, 1.54) is 17.3 Å². The molecule has 7 heteroatoms. The molecule has 0 aliphatic carbocycles. The third kappa shape index (κ3) is 2.49. The summed E-state index contributed by atoms with van der Waals surface area (Å²) in [7, 11) is 0. The molecule has 1 saturated heterocycles. The van der Waals surface area contributed by atoms with Crippen LogP contribution in [0.4, 0.5) is 0 Å². The number of piperidine rings is 1. The minimum Gasteiger partial charge on any atom is -0.481 e. The number of rotatable bonds is 3. The van der Waals surface area contributed by atoms with E-state index in [9.17, 15) is 14.7 Å². The van der Waals surface area contributed by atoms with Crippen LogP contribution < -0.4 is 0 Å². The molecular formula is C11H16N4O3. The predicted octanol–water partition coefficient (Wildman–Crippen LogP) is -0.00860. The van der Waals surface area contributed by atoms with Gasteiger partial charge in [-0.1, -0.05) is 0 Å². The van der Waals surface area contributed by atoms with Crippen LogP contribution in [0.5, 0.6) is 0 Å². The Hall–Kier alpha value is -1.92. The van der Waals surface area contributed by atoms with Crippen LogP contribution in [-0.4, -0.2) is 49.7 Å². The van der Waals surface area contributed by atoms with Gasteiger partial charge in [0.2, 0.25) is 5.91 Å². The number of likely N-dealkylation sites (tertiary alicyclic amines) is 1. The van der Waals surface area contributed by atoms with Gasteiger partial charge in [-0.15, -0.1) is 0 Å². The molecular weight excluding hydrogens is 236 g/mol. The molecule has 2 heterocycles. The second-order valence-electron chi connectivity index (χ2n) is 4.88. The molecule has 1 aromatic rings. The zero-order chi connectivity index (χ0) is 13.2. The van der Waals surface area contributed by atoms with Crippen molar-refractivity contribution >= 4 is 11.9 Å². The number of nitrogens with zero attached hydrogens (tertiary/aromatic N) is 4. The zero-order valence-corrected chi connectivity index (χ0v) is 10.2. The lowest BCUT2D eigenvalue weighted by molar-refractivity contribution is -0.153. The Morgan fingerprint density at radius 1 is 1.50 bits per heavy atom. The van der Waals surface area contributed by atoms with Crippen LogP contribution in [0, 0.1) is 5.41 Å². The Labute approximate surface area is 104 Å². The fourth-order valence-electron chi connectivity index (χ4n) is 2.18. The van der Waals surface area contributed by atoms with Gasteiger partial charge in [0.15, 0.2) is 0 Å². The molecule has 1 unspecified atom stereocenters. The Morgan fingerprint density at radius 2 is 2.28 bits per heavy atom. The number of hydrogen-bond acceptors (Lipinski definition) is 4. The average molecular weight is 252 g/mol. The maximum atomic E-state index is 12.0. The summed E-state index contributed by atoms with van der Waals surface area (Å²) in [5.74, 6) is -0.964. The monoisotopic (exact) mass is 252 g/mol. The smallest absolute Gasteiger partial charge is 0.311 e. The first-order valence-corrected chi connectivity index (χ1v) is 5.85. The van der Waals surface area contributed by atoms with Crippen LogP contribution in [0.3, 0.4) is 0 Å². The van der Waals surface area contributed by atoms with Gasteiger partial charge in [0.1, 0.15) is 19.2 Å². The second-order valence-corrected chi connectivity index (χ2v) is 4.88. The molecule has 1 aromatic heterocycles. The fraction of sp³-hybridized carbons (Fsp3) is 0.636. The first-order valence-electron chi connectivity index (χ1n) is 5.85. The number of aromatic nitrogens is 3. The Bertz CT molecular complexity index is 445. The largest absolute Gasteiger partial charge is 0.481 e. The molecule has 0 spiro atoms. The third-order valence-corrected chi connectivity index (χ3v) is 3.33. The van der Waals surface area contributed by atoms with Crippen molar-refractivity contribution in [3.63, 3.8) is 0 Å². The van der Waals surface area contributed by atoms with Gasteiger partial charge in [-0.2, -0.15) is 5.10 Å². The van der Waals surface area contributed by atoms with Crippen LogP contribution in [0.15, 0.2) is 12.7 Å². The molecule has 98 valence electrons. The van der Waals surface area contributed by atoms with Gasteiger partial charge in [0, 0.05) is 13.1 Å². The number of hydrogen-bond donors (Lipinski definition) is 1. The standard InChI is InChI=1S/C11H16N4O3/c1-11(10(17)18)3-2-4-14(6-11)9(16)5-15-8-12-7-13-15/h7-8H,2-6H2,1H3,(H,17,18). The summed E-state index contributed by atoms with van der Waals surface area (Å²) >= 11 is 0. The van der Waals surface area contributed by atoms with E-state index >= 15 is 0 Å². The van der Waals surface area contributed by atoms with Crippen molar-refractivity contribution in [2.24, 2.45) is 5.41 Å². The highest BCUT2D eigenvalue weighted by molar-refractivity contribution is 5.79. The topological polar surface area (TPSA) is 88.3 Å². The normalized spacial score (nSPS) is 23.9. The molecule has 0 radical (unpaired) electrons. The summed E-state index contributed by atoms with van der Waals surface area (Å²) in [6.07, 6.45) is 4.16. The zero-order valence-electron chi connectivity index (χ0n) is 10.2. The Kier molecular flexibility index (Phi) is 3.31. The molecule has 0 saturated carbocycles. The maximum Gasteiger partial charge on any atom is 0.311 e. The van der Waals surface area contributed by atoms with Crippen molar-refractivity contribution < 1.29 is 14.7 Å². The van der Waals surface area contributed by atoms with E-state index in [-0.39, 0.29) is 19.0 Å². The van der Waals surface area contributed by atoms with E-state index in [2.05, 4.69) is 10.1 Å². The van der Waals surface area contributed by atoms with E-state index in [4.69, 9.17) is 0 Å². The van der Waals surface area contributed by atoms with Crippen molar-refractivity contribution in [1.82, 2.24) is 19.7 Å². The van der Waals surface area contributed by atoms with Gasteiger partial charge < -0.3 is 10.0 Å². The summed E-state index contributed by atoms with van der Waals surface area (Å²) in [5, 5.41) is 13.1. The summed E-state index contributed by atoms with van der Waals surface area (Å²) in [6, 6.07) is 0.